The first-order valence-electron chi connectivity index (χ1n) is 9.05. The largest absolute Gasteiger partial charge is 0.508 e. The number of nitrogens with one attached hydrogen (secondary N) is 1. The number of carbonyl (C=O) groups is 1. The Balaban J connectivity index is 1.89. The van der Waals surface area contributed by atoms with Crippen LogP contribution < -0.4 is 10.1 Å². The number of hydrogen-bond donors (Lipinski definition) is 2. The molecule has 0 aliphatic carbocycles. The van der Waals surface area contributed by atoms with Crippen molar-refractivity contribution in [2.45, 2.75) is 6.61 Å². The van der Waals surface area contributed by atoms with Crippen LogP contribution in [0, 0.1) is 11.3 Å². The molecule has 0 heterocycles. The number of ether oxygens (including phenoxy) is 1. The van der Waals surface area contributed by atoms with Crippen LogP contribution in [0.15, 0.2) is 60.2 Å². The van der Waals surface area contributed by atoms with E-state index in [0.29, 0.717) is 31.9 Å². The summed E-state index contributed by atoms with van der Waals surface area (Å²) in [6.45, 7) is 0.0692. The van der Waals surface area contributed by atoms with Gasteiger partial charge in [-0.05, 0) is 54.6 Å². The lowest BCUT2D eigenvalue weighted by Crippen LogP contribution is -2.13. The summed E-state index contributed by atoms with van der Waals surface area (Å²) in [6, 6.07) is 15.7. The van der Waals surface area contributed by atoms with Gasteiger partial charge in [0.25, 0.3) is 5.91 Å². The highest BCUT2D eigenvalue weighted by molar-refractivity contribution is 6.36. The van der Waals surface area contributed by atoms with Crippen molar-refractivity contribution in [1.82, 2.24) is 0 Å². The van der Waals surface area contributed by atoms with Gasteiger partial charge in [-0.2, -0.15) is 5.26 Å². The fourth-order valence-corrected chi connectivity index (χ4v) is 3.70. The first-order valence-corrected chi connectivity index (χ1v) is 10.6. The number of nitriles is 1. The van der Waals surface area contributed by atoms with E-state index in [1.807, 2.05) is 6.07 Å². The third-order valence-corrected chi connectivity index (χ3v) is 5.30. The van der Waals surface area contributed by atoms with Crippen molar-refractivity contribution in [2.24, 2.45) is 0 Å². The Morgan fingerprint density at radius 1 is 1.00 bits per heavy atom. The van der Waals surface area contributed by atoms with E-state index >= 15 is 0 Å². The molecular formula is C23H14Cl4N2O3. The Hall–Kier alpha value is -2.88. The van der Waals surface area contributed by atoms with Crippen LogP contribution in [0.1, 0.15) is 11.1 Å². The molecule has 3 rings (SSSR count). The fourth-order valence-electron chi connectivity index (χ4n) is 2.68. The number of hydrogen-bond acceptors (Lipinski definition) is 4. The van der Waals surface area contributed by atoms with Crippen LogP contribution >= 0.6 is 46.4 Å². The summed E-state index contributed by atoms with van der Waals surface area (Å²) >= 11 is 24.6. The average molecular weight is 508 g/mol. The molecule has 9 heteroatoms. The molecule has 0 spiro atoms. The average Bonchev–Trinajstić information content (AvgIpc) is 2.74. The number of aromatic hydroxyl groups is 1. The van der Waals surface area contributed by atoms with Crippen molar-refractivity contribution in [3.8, 4) is 17.6 Å². The van der Waals surface area contributed by atoms with Crippen molar-refractivity contribution in [3.05, 3.63) is 91.4 Å². The highest BCUT2D eigenvalue weighted by atomic mass is 35.5. The molecule has 3 aromatic carbocycles. The molecule has 0 atom stereocenters. The number of carbonyl (C=O) groups excluding carboxylic acids is 1. The monoisotopic (exact) mass is 506 g/mol. The van der Waals surface area contributed by atoms with Crippen LogP contribution in [-0.4, -0.2) is 11.0 Å². The van der Waals surface area contributed by atoms with Gasteiger partial charge in [0.1, 0.15) is 29.7 Å². The molecule has 0 fully saturated rings. The zero-order valence-electron chi connectivity index (χ0n) is 16.2. The van der Waals surface area contributed by atoms with Crippen molar-refractivity contribution in [2.75, 3.05) is 5.32 Å². The topological polar surface area (TPSA) is 82.3 Å². The number of amides is 1. The quantitative estimate of drug-likeness (QED) is 0.211. The van der Waals surface area contributed by atoms with Crippen LogP contribution in [0.2, 0.25) is 20.1 Å². The summed E-state index contributed by atoms with van der Waals surface area (Å²) in [5.74, 6) is -0.372. The van der Waals surface area contributed by atoms with Crippen LogP contribution in [0.3, 0.4) is 0 Å². The second-order valence-corrected chi connectivity index (χ2v) is 8.19. The third kappa shape index (κ3) is 6.09. The lowest BCUT2D eigenvalue weighted by molar-refractivity contribution is -0.112. The minimum Gasteiger partial charge on any atom is -0.508 e. The summed E-state index contributed by atoms with van der Waals surface area (Å²) in [7, 11) is 0. The maximum atomic E-state index is 12.6. The van der Waals surface area contributed by atoms with E-state index in [2.05, 4.69) is 5.32 Å². The van der Waals surface area contributed by atoms with Crippen molar-refractivity contribution in [1.29, 1.82) is 5.26 Å². The SMILES string of the molecule is N#C/C(=C\c1cc(Cl)cc(Cl)c1OCc1ccc(Cl)cc1Cl)C(=O)Nc1ccc(O)cc1. The molecule has 0 bridgehead atoms. The molecule has 0 radical (unpaired) electrons. The molecule has 3 aromatic rings. The minimum atomic E-state index is -0.652. The molecule has 0 unspecified atom stereocenters. The van der Waals surface area contributed by atoms with Gasteiger partial charge in [0.2, 0.25) is 0 Å². The number of anilines is 1. The van der Waals surface area contributed by atoms with Crippen molar-refractivity contribution < 1.29 is 14.6 Å². The van der Waals surface area contributed by atoms with Gasteiger partial charge in [-0.15, -0.1) is 0 Å². The van der Waals surface area contributed by atoms with Crippen LogP contribution in [-0.2, 0) is 11.4 Å². The number of phenols is 1. The van der Waals surface area contributed by atoms with Gasteiger partial charge < -0.3 is 15.2 Å². The molecule has 5 nitrogen and oxygen atoms in total. The lowest BCUT2D eigenvalue weighted by Gasteiger charge is -2.13. The first-order chi connectivity index (χ1) is 15.3. The molecule has 32 heavy (non-hydrogen) atoms. The molecule has 0 aromatic heterocycles. The molecule has 0 aliphatic rings. The van der Waals surface area contributed by atoms with Gasteiger partial charge >= 0.3 is 0 Å². The van der Waals surface area contributed by atoms with Gasteiger partial charge in [0.15, 0.2) is 0 Å². The van der Waals surface area contributed by atoms with Crippen LogP contribution in [0.25, 0.3) is 6.08 Å². The standard InChI is InChI=1S/C23H14Cl4N2O3/c24-16-2-1-13(20(26)9-16)12-32-22-14(8-17(25)10-21(22)27)7-15(11-28)23(31)29-18-3-5-19(30)6-4-18/h1-10,30H,12H2,(H,29,31)/b15-7+. The minimum absolute atomic E-state index is 0.0511. The van der Waals surface area contributed by atoms with E-state index in [-0.39, 0.29) is 28.7 Å². The molecule has 0 saturated heterocycles. The van der Waals surface area contributed by atoms with Crippen LogP contribution in [0.5, 0.6) is 11.5 Å². The zero-order valence-corrected chi connectivity index (χ0v) is 19.2. The highest BCUT2D eigenvalue weighted by Crippen LogP contribution is 2.35. The molecule has 1 amide bonds. The number of nitrogens with zero attached hydrogens (tertiary/aromatic N) is 1. The van der Waals surface area contributed by atoms with E-state index in [0.717, 1.165) is 0 Å². The summed E-state index contributed by atoms with van der Waals surface area (Å²) in [4.78, 5) is 12.6. The summed E-state index contributed by atoms with van der Waals surface area (Å²) in [5, 5.41) is 22.9. The number of phenolic OH excluding ortho intramolecular Hbond substituents is 1. The normalized spacial score (nSPS) is 11.0. The second kappa shape index (κ2) is 10.6. The Labute approximate surface area is 204 Å². The number of halogens is 4. The van der Waals surface area contributed by atoms with E-state index in [1.165, 1.54) is 42.5 Å². The number of benzene rings is 3. The maximum absolute atomic E-state index is 12.6. The molecule has 162 valence electrons. The highest BCUT2D eigenvalue weighted by Gasteiger charge is 2.15. The zero-order chi connectivity index (χ0) is 23.3. The predicted octanol–water partition coefficient (Wildman–Crippen LogP) is 7.13. The number of rotatable bonds is 6. The molecule has 0 aliphatic heterocycles. The predicted molar refractivity (Wildman–Crippen MR) is 128 cm³/mol. The molecule has 0 saturated carbocycles. The van der Waals surface area contributed by atoms with Gasteiger partial charge in [0, 0.05) is 31.9 Å². The van der Waals surface area contributed by atoms with E-state index in [4.69, 9.17) is 51.1 Å². The lowest BCUT2D eigenvalue weighted by atomic mass is 10.1. The van der Waals surface area contributed by atoms with E-state index in [9.17, 15) is 15.2 Å². The molecular weight excluding hydrogens is 494 g/mol. The fraction of sp³-hybridized carbons (Fsp3) is 0.0435. The van der Waals surface area contributed by atoms with E-state index in [1.54, 1.807) is 18.2 Å². The summed E-state index contributed by atoms with van der Waals surface area (Å²) in [6.07, 6.45) is 1.33. The molecule has 2 N–H and O–H groups in total. The maximum Gasteiger partial charge on any atom is 0.266 e. The van der Waals surface area contributed by atoms with Crippen molar-refractivity contribution >= 4 is 64.1 Å². The Morgan fingerprint density at radius 3 is 2.34 bits per heavy atom. The first kappa shape index (κ1) is 23.8. The van der Waals surface area contributed by atoms with Crippen molar-refractivity contribution in [3.63, 3.8) is 0 Å². The summed E-state index contributed by atoms with van der Waals surface area (Å²) < 4.78 is 5.85. The Morgan fingerprint density at radius 2 is 1.69 bits per heavy atom. The van der Waals surface area contributed by atoms with Gasteiger partial charge in [0.05, 0.1) is 5.02 Å². The van der Waals surface area contributed by atoms with Crippen LogP contribution in [0.4, 0.5) is 5.69 Å². The van der Waals surface area contributed by atoms with Gasteiger partial charge in [-0.1, -0.05) is 52.5 Å². The smallest absolute Gasteiger partial charge is 0.266 e. The van der Waals surface area contributed by atoms with Gasteiger partial charge in [-0.25, -0.2) is 0 Å². The summed E-state index contributed by atoms with van der Waals surface area (Å²) in [5.41, 5.74) is 1.21. The van der Waals surface area contributed by atoms with E-state index < -0.39 is 5.91 Å². The second-order valence-electron chi connectivity index (χ2n) is 6.50. The third-order valence-electron chi connectivity index (χ3n) is 4.21. The van der Waals surface area contributed by atoms with Gasteiger partial charge in [-0.3, -0.25) is 4.79 Å². The Bertz CT molecular complexity index is 1240. The Kier molecular flexibility index (Phi) is 7.89.